The maximum absolute atomic E-state index is 12.6. The fraction of sp³-hybridized carbons (Fsp3) is 0.944. The molecular weight excluding hydrogens is 274 g/mol. The molecule has 0 bridgehead atoms. The number of nitrogens with zero attached hydrogens (tertiary/aromatic N) is 2. The smallest absolute Gasteiger partial charge is 0.240 e. The van der Waals surface area contributed by atoms with Gasteiger partial charge in [-0.2, -0.15) is 0 Å². The van der Waals surface area contributed by atoms with Crippen molar-refractivity contribution in [2.24, 2.45) is 17.1 Å². The third kappa shape index (κ3) is 4.95. The monoisotopic (exact) mass is 309 g/mol. The molecule has 0 aromatic rings. The summed E-state index contributed by atoms with van der Waals surface area (Å²) in [6.07, 6.45) is 8.11. The van der Waals surface area contributed by atoms with Crippen molar-refractivity contribution in [2.45, 2.75) is 65.3 Å². The van der Waals surface area contributed by atoms with Crippen LogP contribution in [0.25, 0.3) is 0 Å². The first kappa shape index (κ1) is 17.7. The largest absolute Gasteiger partial charge is 0.340 e. The third-order valence-corrected chi connectivity index (χ3v) is 5.34. The molecule has 1 saturated heterocycles. The summed E-state index contributed by atoms with van der Waals surface area (Å²) in [5.74, 6) is 1.01. The molecule has 1 heterocycles. The molecule has 1 aliphatic heterocycles. The van der Waals surface area contributed by atoms with Crippen molar-refractivity contribution in [3.8, 4) is 0 Å². The Morgan fingerprint density at radius 2 is 1.73 bits per heavy atom. The van der Waals surface area contributed by atoms with Gasteiger partial charge in [0.2, 0.25) is 5.91 Å². The summed E-state index contributed by atoms with van der Waals surface area (Å²) in [5, 5.41) is 0. The van der Waals surface area contributed by atoms with Gasteiger partial charge < -0.3 is 15.5 Å². The van der Waals surface area contributed by atoms with Crippen LogP contribution >= 0.6 is 0 Å². The first-order valence-electron chi connectivity index (χ1n) is 9.14. The maximum atomic E-state index is 12.6. The van der Waals surface area contributed by atoms with Gasteiger partial charge in [-0.15, -0.1) is 0 Å². The van der Waals surface area contributed by atoms with E-state index in [4.69, 9.17) is 5.73 Å². The van der Waals surface area contributed by atoms with E-state index in [-0.39, 0.29) is 11.3 Å². The minimum atomic E-state index is -0.391. The van der Waals surface area contributed by atoms with Crippen molar-refractivity contribution in [2.75, 3.05) is 32.7 Å². The van der Waals surface area contributed by atoms with Gasteiger partial charge in [-0.1, -0.05) is 40.0 Å². The second-order valence-electron chi connectivity index (χ2n) is 8.33. The van der Waals surface area contributed by atoms with E-state index in [0.717, 1.165) is 38.5 Å². The quantitative estimate of drug-likeness (QED) is 0.871. The lowest BCUT2D eigenvalue weighted by molar-refractivity contribution is -0.134. The number of amides is 1. The molecule has 0 aromatic heterocycles. The molecular formula is C18H35N3O. The lowest BCUT2D eigenvalue weighted by Gasteiger charge is -2.32. The highest BCUT2D eigenvalue weighted by atomic mass is 16.2. The Morgan fingerprint density at radius 3 is 2.36 bits per heavy atom. The van der Waals surface area contributed by atoms with Gasteiger partial charge in [0.05, 0.1) is 6.04 Å². The third-order valence-electron chi connectivity index (χ3n) is 5.34. The van der Waals surface area contributed by atoms with Gasteiger partial charge >= 0.3 is 0 Å². The number of rotatable bonds is 3. The maximum Gasteiger partial charge on any atom is 0.240 e. The molecule has 1 aliphatic carbocycles. The minimum absolute atomic E-state index is 0.131. The van der Waals surface area contributed by atoms with Gasteiger partial charge in [0, 0.05) is 26.2 Å². The predicted octanol–water partition coefficient (Wildman–Crippen LogP) is 2.47. The molecule has 0 aromatic carbocycles. The molecule has 4 heteroatoms. The van der Waals surface area contributed by atoms with Gasteiger partial charge in [0.25, 0.3) is 0 Å². The zero-order valence-electron chi connectivity index (χ0n) is 14.8. The van der Waals surface area contributed by atoms with Crippen LogP contribution < -0.4 is 5.73 Å². The Kier molecular flexibility index (Phi) is 6.27. The molecule has 0 spiro atoms. The fourth-order valence-corrected chi connectivity index (χ4v) is 3.68. The van der Waals surface area contributed by atoms with Crippen LogP contribution in [0.15, 0.2) is 0 Å². The van der Waals surface area contributed by atoms with Crippen LogP contribution in [0.1, 0.15) is 59.3 Å². The van der Waals surface area contributed by atoms with E-state index < -0.39 is 6.04 Å². The zero-order chi connectivity index (χ0) is 16.2. The van der Waals surface area contributed by atoms with Crippen LogP contribution in [-0.4, -0.2) is 54.5 Å². The summed E-state index contributed by atoms with van der Waals surface area (Å²) in [6, 6.07) is -0.391. The van der Waals surface area contributed by atoms with Gasteiger partial charge in [0.15, 0.2) is 0 Å². The van der Waals surface area contributed by atoms with E-state index in [2.05, 4.69) is 4.90 Å². The highest BCUT2D eigenvalue weighted by Gasteiger charge is 2.32. The molecule has 22 heavy (non-hydrogen) atoms. The number of hydrogen-bond acceptors (Lipinski definition) is 3. The van der Waals surface area contributed by atoms with Gasteiger partial charge in [-0.25, -0.2) is 0 Å². The Morgan fingerprint density at radius 1 is 1.05 bits per heavy atom. The lowest BCUT2D eigenvalue weighted by atomic mass is 9.86. The van der Waals surface area contributed by atoms with Crippen molar-refractivity contribution in [3.05, 3.63) is 0 Å². The van der Waals surface area contributed by atoms with Crippen LogP contribution in [0.5, 0.6) is 0 Å². The summed E-state index contributed by atoms with van der Waals surface area (Å²) < 4.78 is 0. The lowest BCUT2D eigenvalue weighted by Crippen LogP contribution is -2.51. The fourth-order valence-electron chi connectivity index (χ4n) is 3.68. The van der Waals surface area contributed by atoms with Gasteiger partial charge in [-0.05, 0) is 37.1 Å². The van der Waals surface area contributed by atoms with E-state index in [1.807, 2.05) is 25.7 Å². The van der Waals surface area contributed by atoms with Gasteiger partial charge in [0.1, 0.15) is 0 Å². The van der Waals surface area contributed by atoms with Crippen molar-refractivity contribution < 1.29 is 4.79 Å². The zero-order valence-corrected chi connectivity index (χ0v) is 14.8. The molecule has 4 nitrogen and oxygen atoms in total. The Balaban J connectivity index is 1.82. The standard InChI is InChI=1S/C18H35N3O/c1-18(2,3)16(19)17(22)21-11-7-10-20(12-13-21)14-15-8-5-4-6-9-15/h15-16H,4-14,19H2,1-3H3/t16-/m1/s1. The van der Waals surface area contributed by atoms with E-state index in [1.54, 1.807) is 0 Å². The molecule has 0 unspecified atom stereocenters. The molecule has 0 radical (unpaired) electrons. The summed E-state index contributed by atoms with van der Waals surface area (Å²) in [7, 11) is 0. The first-order chi connectivity index (χ1) is 10.4. The summed E-state index contributed by atoms with van der Waals surface area (Å²) in [4.78, 5) is 17.1. The van der Waals surface area contributed by atoms with E-state index in [1.165, 1.54) is 38.6 Å². The summed E-state index contributed by atoms with van der Waals surface area (Å²) in [6.45, 7) is 11.2. The van der Waals surface area contributed by atoms with E-state index >= 15 is 0 Å². The average molecular weight is 309 g/mol. The number of nitrogens with two attached hydrogens (primary N) is 1. The molecule has 1 atom stereocenters. The predicted molar refractivity (Wildman–Crippen MR) is 91.6 cm³/mol. The molecule has 1 amide bonds. The molecule has 1 saturated carbocycles. The van der Waals surface area contributed by atoms with Gasteiger partial charge in [-0.3, -0.25) is 4.79 Å². The average Bonchev–Trinajstić information content (AvgIpc) is 2.71. The second kappa shape index (κ2) is 7.78. The molecule has 128 valence electrons. The van der Waals surface area contributed by atoms with Crippen LogP contribution in [0.3, 0.4) is 0 Å². The van der Waals surface area contributed by atoms with Crippen LogP contribution in [-0.2, 0) is 4.79 Å². The number of hydrogen-bond donors (Lipinski definition) is 1. The number of carbonyl (C=O) groups is 1. The number of carbonyl (C=O) groups excluding carboxylic acids is 1. The highest BCUT2D eigenvalue weighted by Crippen LogP contribution is 2.25. The Hall–Kier alpha value is -0.610. The van der Waals surface area contributed by atoms with Crippen molar-refractivity contribution in [1.29, 1.82) is 0 Å². The molecule has 2 fully saturated rings. The van der Waals surface area contributed by atoms with Crippen LogP contribution in [0.4, 0.5) is 0 Å². The van der Waals surface area contributed by atoms with Crippen molar-refractivity contribution >= 4 is 5.91 Å². The molecule has 2 N–H and O–H groups in total. The summed E-state index contributed by atoms with van der Waals surface area (Å²) >= 11 is 0. The minimum Gasteiger partial charge on any atom is -0.340 e. The van der Waals surface area contributed by atoms with Crippen molar-refractivity contribution in [3.63, 3.8) is 0 Å². The first-order valence-corrected chi connectivity index (χ1v) is 9.14. The molecule has 2 aliphatic rings. The normalized spacial score (nSPS) is 24.1. The highest BCUT2D eigenvalue weighted by molar-refractivity contribution is 5.82. The van der Waals surface area contributed by atoms with Crippen LogP contribution in [0.2, 0.25) is 0 Å². The Bertz CT molecular complexity index is 358. The summed E-state index contributed by atoms with van der Waals surface area (Å²) in [5.41, 5.74) is 5.99. The molecule has 2 rings (SSSR count). The van der Waals surface area contributed by atoms with Crippen molar-refractivity contribution in [1.82, 2.24) is 9.80 Å². The Labute approximate surface area is 136 Å². The van der Waals surface area contributed by atoms with E-state index in [9.17, 15) is 4.79 Å². The SMILES string of the molecule is CC(C)(C)[C@H](N)C(=O)N1CCCN(CC2CCCCC2)CC1. The van der Waals surface area contributed by atoms with E-state index in [0.29, 0.717) is 0 Å². The van der Waals surface area contributed by atoms with Crippen LogP contribution in [0, 0.1) is 11.3 Å². The topological polar surface area (TPSA) is 49.6 Å². The second-order valence-corrected chi connectivity index (χ2v) is 8.33.